The second kappa shape index (κ2) is 8.18. The molecule has 2 heterocycles. The fourth-order valence-electron chi connectivity index (χ4n) is 2.43. The first-order chi connectivity index (χ1) is 12.1. The predicted molar refractivity (Wildman–Crippen MR) is 101 cm³/mol. The van der Waals surface area contributed by atoms with E-state index in [0.29, 0.717) is 13.1 Å². The van der Waals surface area contributed by atoms with Gasteiger partial charge in [0.05, 0.1) is 16.6 Å². The molecule has 2 aromatic heterocycles. The van der Waals surface area contributed by atoms with Crippen molar-refractivity contribution in [2.24, 2.45) is 0 Å². The summed E-state index contributed by atoms with van der Waals surface area (Å²) in [5, 5.41) is 7.14. The lowest BCUT2D eigenvalue weighted by molar-refractivity contribution is 0.207. The zero-order valence-electron chi connectivity index (χ0n) is 13.9. The minimum atomic E-state index is -0.0855. The highest BCUT2D eigenvalue weighted by Crippen LogP contribution is 2.22. The van der Waals surface area contributed by atoms with Crippen LogP contribution in [0.3, 0.4) is 0 Å². The monoisotopic (exact) mass is 374 g/mol. The highest BCUT2D eigenvalue weighted by atomic mass is 35.5. The number of aromatic nitrogens is 2. The Morgan fingerprint density at radius 3 is 2.72 bits per heavy atom. The van der Waals surface area contributed by atoms with Crippen LogP contribution in [0.2, 0.25) is 4.34 Å². The van der Waals surface area contributed by atoms with Gasteiger partial charge in [-0.05, 0) is 42.3 Å². The molecule has 0 saturated heterocycles. The molecular weight excluding hydrogens is 356 g/mol. The van der Waals surface area contributed by atoms with E-state index in [9.17, 15) is 4.79 Å². The Balaban J connectivity index is 1.45. The molecule has 5 nitrogen and oxygen atoms in total. The smallest absolute Gasteiger partial charge is 0.317 e. The van der Waals surface area contributed by atoms with Gasteiger partial charge in [-0.1, -0.05) is 23.7 Å². The summed E-state index contributed by atoms with van der Waals surface area (Å²) in [6.07, 6.45) is 4.44. The molecule has 7 heteroatoms. The summed E-state index contributed by atoms with van der Waals surface area (Å²) in [5.41, 5.74) is 2.19. The highest BCUT2D eigenvalue weighted by molar-refractivity contribution is 7.16. The summed E-state index contributed by atoms with van der Waals surface area (Å²) in [5.74, 6) is 0. The topological polar surface area (TPSA) is 50.2 Å². The number of thiophene rings is 1. The minimum Gasteiger partial charge on any atom is -0.338 e. The zero-order chi connectivity index (χ0) is 17.6. The van der Waals surface area contributed by atoms with Crippen molar-refractivity contribution < 1.29 is 4.79 Å². The van der Waals surface area contributed by atoms with Crippen LogP contribution in [-0.4, -0.2) is 34.3 Å². The Morgan fingerprint density at radius 1 is 1.28 bits per heavy atom. The van der Waals surface area contributed by atoms with Crippen LogP contribution in [0, 0.1) is 0 Å². The van der Waals surface area contributed by atoms with Crippen LogP contribution >= 0.6 is 22.9 Å². The van der Waals surface area contributed by atoms with Crippen LogP contribution in [0.1, 0.15) is 10.4 Å². The van der Waals surface area contributed by atoms with Gasteiger partial charge in [-0.25, -0.2) is 9.48 Å². The Hall–Kier alpha value is -2.31. The van der Waals surface area contributed by atoms with Gasteiger partial charge in [0.2, 0.25) is 0 Å². The van der Waals surface area contributed by atoms with Crippen molar-refractivity contribution in [1.82, 2.24) is 20.0 Å². The normalized spacial score (nSPS) is 10.6. The number of nitrogens with zero attached hydrogens (tertiary/aromatic N) is 3. The molecule has 3 aromatic rings. The molecule has 2 amide bonds. The third kappa shape index (κ3) is 4.84. The molecule has 0 aliphatic carbocycles. The summed E-state index contributed by atoms with van der Waals surface area (Å²) < 4.78 is 2.56. The molecular formula is C18H19ClN4OS. The second-order valence-corrected chi connectivity index (χ2v) is 7.46. The molecule has 1 N–H and O–H groups in total. The fraction of sp³-hybridized carbons (Fsp3) is 0.222. The average molecular weight is 375 g/mol. The largest absolute Gasteiger partial charge is 0.338 e. The Bertz CT molecular complexity index is 814. The van der Waals surface area contributed by atoms with Crippen LogP contribution in [0.5, 0.6) is 0 Å². The van der Waals surface area contributed by atoms with E-state index in [2.05, 4.69) is 22.5 Å². The number of urea groups is 1. The molecule has 0 saturated carbocycles. The first-order valence-electron chi connectivity index (χ1n) is 7.94. The number of carbonyl (C=O) groups is 1. The molecule has 1 aromatic carbocycles. The number of nitrogens with one attached hydrogen (secondary N) is 1. The van der Waals surface area contributed by atoms with Crippen LogP contribution in [-0.2, 0) is 13.0 Å². The van der Waals surface area contributed by atoms with Crippen LogP contribution < -0.4 is 5.32 Å². The van der Waals surface area contributed by atoms with Crippen molar-refractivity contribution >= 4 is 29.0 Å². The van der Waals surface area contributed by atoms with Crippen LogP contribution in [0.4, 0.5) is 4.79 Å². The number of halogens is 1. The molecule has 0 atom stereocenters. The van der Waals surface area contributed by atoms with Crippen molar-refractivity contribution in [3.8, 4) is 5.69 Å². The average Bonchev–Trinajstić information content (AvgIpc) is 3.27. The van der Waals surface area contributed by atoms with Gasteiger partial charge >= 0.3 is 6.03 Å². The summed E-state index contributed by atoms with van der Waals surface area (Å²) in [6.45, 7) is 1.15. The second-order valence-electron chi connectivity index (χ2n) is 5.66. The van der Waals surface area contributed by atoms with Crippen LogP contribution in [0.25, 0.3) is 5.69 Å². The molecule has 0 spiro atoms. The van der Waals surface area contributed by atoms with Gasteiger partial charge in [-0.3, -0.25) is 0 Å². The summed E-state index contributed by atoms with van der Waals surface area (Å²) in [4.78, 5) is 14.9. The first kappa shape index (κ1) is 17.5. The Labute approximate surface area is 155 Å². The van der Waals surface area contributed by atoms with Crippen molar-refractivity contribution in [1.29, 1.82) is 0 Å². The number of hydrogen-bond donors (Lipinski definition) is 1. The first-order valence-corrected chi connectivity index (χ1v) is 9.13. The van der Waals surface area contributed by atoms with E-state index < -0.39 is 0 Å². The summed E-state index contributed by atoms with van der Waals surface area (Å²) in [6, 6.07) is 13.8. The summed E-state index contributed by atoms with van der Waals surface area (Å²) in [7, 11) is 1.78. The van der Waals surface area contributed by atoms with Crippen molar-refractivity contribution in [3.05, 3.63) is 69.6 Å². The molecule has 0 fully saturated rings. The van der Waals surface area contributed by atoms with Gasteiger partial charge < -0.3 is 10.2 Å². The third-order valence-corrected chi connectivity index (χ3v) is 4.98. The quantitative estimate of drug-likeness (QED) is 0.709. The lowest BCUT2D eigenvalue weighted by Gasteiger charge is -2.17. The van der Waals surface area contributed by atoms with Gasteiger partial charge in [0.25, 0.3) is 0 Å². The number of rotatable bonds is 6. The van der Waals surface area contributed by atoms with E-state index >= 15 is 0 Å². The maximum atomic E-state index is 12.1. The van der Waals surface area contributed by atoms with Gasteiger partial charge in [0.15, 0.2) is 0 Å². The lowest BCUT2D eigenvalue weighted by atomic mass is 10.1. The van der Waals surface area contributed by atoms with Crippen LogP contribution in [0.15, 0.2) is 54.9 Å². The van der Waals surface area contributed by atoms with Gasteiger partial charge in [0, 0.05) is 30.9 Å². The lowest BCUT2D eigenvalue weighted by Crippen LogP contribution is -2.37. The maximum Gasteiger partial charge on any atom is 0.317 e. The number of carbonyl (C=O) groups excluding carboxylic acids is 1. The SMILES string of the molecule is CN(Cc1ccc(Cl)s1)C(=O)NCCc1ccc(-n2cccn2)cc1. The molecule has 0 aliphatic heterocycles. The molecule has 0 aliphatic rings. The minimum absolute atomic E-state index is 0.0855. The molecule has 0 bridgehead atoms. The van der Waals surface area contributed by atoms with E-state index in [-0.39, 0.29) is 6.03 Å². The van der Waals surface area contributed by atoms with Crippen molar-refractivity contribution in [2.45, 2.75) is 13.0 Å². The predicted octanol–water partition coefficient (Wildman–Crippen LogP) is 3.97. The van der Waals surface area contributed by atoms with E-state index in [1.807, 2.05) is 41.2 Å². The van der Waals surface area contributed by atoms with E-state index in [0.717, 1.165) is 21.3 Å². The van der Waals surface area contributed by atoms with Crippen molar-refractivity contribution in [2.75, 3.05) is 13.6 Å². The molecule has 0 radical (unpaired) electrons. The zero-order valence-corrected chi connectivity index (χ0v) is 15.4. The molecule has 130 valence electrons. The van der Waals surface area contributed by atoms with Gasteiger partial charge in [0.1, 0.15) is 0 Å². The third-order valence-electron chi connectivity index (χ3n) is 3.76. The Morgan fingerprint density at radius 2 is 2.08 bits per heavy atom. The standard InChI is InChI=1S/C18H19ClN4OS/c1-22(13-16-7-8-17(19)25-16)18(24)20-11-9-14-3-5-15(6-4-14)23-12-2-10-21-23/h2-8,10,12H,9,11,13H2,1H3,(H,20,24). The van der Waals surface area contributed by atoms with Gasteiger partial charge in [-0.15, -0.1) is 11.3 Å². The number of benzene rings is 1. The number of hydrogen-bond acceptors (Lipinski definition) is 3. The summed E-state index contributed by atoms with van der Waals surface area (Å²) >= 11 is 7.40. The van der Waals surface area contributed by atoms with Gasteiger partial charge in [-0.2, -0.15) is 5.10 Å². The molecule has 3 rings (SSSR count). The number of amides is 2. The molecule has 25 heavy (non-hydrogen) atoms. The Kier molecular flexibility index (Phi) is 5.73. The van der Waals surface area contributed by atoms with E-state index in [1.165, 1.54) is 16.9 Å². The highest BCUT2D eigenvalue weighted by Gasteiger charge is 2.09. The van der Waals surface area contributed by atoms with Crippen molar-refractivity contribution in [3.63, 3.8) is 0 Å². The van der Waals surface area contributed by atoms with E-state index in [1.54, 1.807) is 18.1 Å². The molecule has 0 unspecified atom stereocenters. The fourth-order valence-corrected chi connectivity index (χ4v) is 3.57. The maximum absolute atomic E-state index is 12.1. The van der Waals surface area contributed by atoms with E-state index in [4.69, 9.17) is 11.6 Å².